The Morgan fingerprint density at radius 3 is 2.17 bits per heavy atom. The van der Waals surface area contributed by atoms with Crippen LogP contribution in [0.4, 0.5) is 16.4 Å². The number of likely N-dealkylation sites (tertiary alicyclic amines) is 1. The van der Waals surface area contributed by atoms with Gasteiger partial charge in [-0.25, -0.2) is 9.78 Å². The van der Waals surface area contributed by atoms with Gasteiger partial charge in [0.2, 0.25) is 0 Å². The van der Waals surface area contributed by atoms with Gasteiger partial charge >= 0.3 is 6.09 Å². The van der Waals surface area contributed by atoms with Crippen LogP contribution >= 0.6 is 0 Å². The molecule has 0 saturated carbocycles. The number of piperazine rings is 1. The zero-order chi connectivity index (χ0) is 21.4. The van der Waals surface area contributed by atoms with E-state index >= 15 is 0 Å². The highest BCUT2D eigenvalue weighted by atomic mass is 16.6. The second kappa shape index (κ2) is 8.25. The lowest BCUT2D eigenvalue weighted by Crippen LogP contribution is -2.61. The molecule has 1 spiro atoms. The van der Waals surface area contributed by atoms with Crippen molar-refractivity contribution in [2.45, 2.75) is 46.1 Å². The molecule has 0 aromatic carbocycles. The van der Waals surface area contributed by atoms with E-state index in [0.29, 0.717) is 5.41 Å². The minimum absolute atomic E-state index is 0.175. The fraction of sp³-hybridized carbons (Fsp3) is 0.739. The van der Waals surface area contributed by atoms with Crippen molar-refractivity contribution in [2.24, 2.45) is 5.41 Å². The van der Waals surface area contributed by atoms with Crippen LogP contribution in [-0.2, 0) is 4.74 Å². The van der Waals surface area contributed by atoms with E-state index in [1.165, 1.54) is 0 Å². The summed E-state index contributed by atoms with van der Waals surface area (Å²) in [7, 11) is 0. The second-order valence-corrected chi connectivity index (χ2v) is 10.1. The van der Waals surface area contributed by atoms with Crippen LogP contribution in [0.5, 0.6) is 0 Å². The molecule has 1 amide bonds. The number of anilines is 2. The highest BCUT2D eigenvalue weighted by Crippen LogP contribution is 2.42. The average molecular weight is 416 g/mol. The van der Waals surface area contributed by atoms with Gasteiger partial charge in [-0.2, -0.15) is 0 Å². The third-order valence-electron chi connectivity index (χ3n) is 6.72. The van der Waals surface area contributed by atoms with Crippen LogP contribution in [-0.4, -0.2) is 85.4 Å². The van der Waals surface area contributed by atoms with Crippen molar-refractivity contribution in [3.05, 3.63) is 18.2 Å². The summed E-state index contributed by atoms with van der Waals surface area (Å²) in [5.74, 6) is 2.19. The van der Waals surface area contributed by atoms with Gasteiger partial charge in [-0.1, -0.05) is 13.0 Å². The van der Waals surface area contributed by atoms with Crippen molar-refractivity contribution < 1.29 is 9.53 Å². The van der Waals surface area contributed by atoms with Crippen molar-refractivity contribution in [2.75, 3.05) is 68.7 Å². The molecule has 0 radical (unpaired) electrons. The molecule has 4 heterocycles. The number of nitrogens with zero attached hydrogens (tertiary/aromatic N) is 5. The summed E-state index contributed by atoms with van der Waals surface area (Å²) >= 11 is 0. The van der Waals surface area contributed by atoms with Crippen LogP contribution in [0.15, 0.2) is 18.2 Å². The van der Waals surface area contributed by atoms with E-state index in [9.17, 15) is 4.79 Å². The third-order valence-corrected chi connectivity index (χ3v) is 6.72. The van der Waals surface area contributed by atoms with Crippen LogP contribution in [0.3, 0.4) is 0 Å². The van der Waals surface area contributed by atoms with E-state index in [1.807, 2.05) is 25.7 Å². The number of piperidine rings is 1. The summed E-state index contributed by atoms with van der Waals surface area (Å²) in [4.78, 5) is 26.5. The quantitative estimate of drug-likeness (QED) is 0.756. The molecule has 0 bridgehead atoms. The molecule has 166 valence electrons. The summed E-state index contributed by atoms with van der Waals surface area (Å²) in [6.45, 7) is 17.1. The van der Waals surface area contributed by atoms with E-state index in [0.717, 1.165) is 83.4 Å². The molecule has 7 heteroatoms. The molecule has 7 nitrogen and oxygen atoms in total. The Kier molecular flexibility index (Phi) is 5.84. The van der Waals surface area contributed by atoms with E-state index < -0.39 is 5.60 Å². The topological polar surface area (TPSA) is 52.2 Å². The van der Waals surface area contributed by atoms with Crippen LogP contribution in [0.1, 0.15) is 40.5 Å². The molecule has 1 aromatic heterocycles. The molecule has 0 atom stereocenters. The number of ether oxygens (including phenoxy) is 1. The maximum absolute atomic E-state index is 12.3. The molecule has 3 fully saturated rings. The Bertz CT molecular complexity index is 738. The lowest BCUT2D eigenvalue weighted by molar-refractivity contribution is 0.00590. The van der Waals surface area contributed by atoms with Gasteiger partial charge in [-0.05, 0) is 52.3 Å². The molecule has 3 aliphatic rings. The molecule has 3 aliphatic heterocycles. The number of amides is 1. The molecule has 0 aliphatic carbocycles. The molecular formula is C23H37N5O2. The summed E-state index contributed by atoms with van der Waals surface area (Å²) in [6.07, 6.45) is 1.91. The third kappa shape index (κ3) is 4.66. The minimum atomic E-state index is -0.431. The van der Waals surface area contributed by atoms with Gasteiger partial charge in [0.15, 0.2) is 0 Å². The molecule has 30 heavy (non-hydrogen) atoms. The second-order valence-electron chi connectivity index (χ2n) is 10.1. The average Bonchev–Trinajstić information content (AvgIpc) is 2.71. The first kappa shape index (κ1) is 21.2. The zero-order valence-corrected chi connectivity index (χ0v) is 19.1. The van der Waals surface area contributed by atoms with Crippen molar-refractivity contribution in [3.8, 4) is 0 Å². The van der Waals surface area contributed by atoms with E-state index in [1.54, 1.807) is 0 Å². The number of aromatic nitrogens is 1. The molecule has 1 aromatic rings. The SMILES string of the molecule is CCN1CCN(c2cccc(N3CC4(CCN(C(=O)OC(C)(C)C)CC4)C3)n2)CC1. The lowest BCUT2D eigenvalue weighted by atomic mass is 9.72. The fourth-order valence-electron chi connectivity index (χ4n) is 4.79. The Morgan fingerprint density at radius 1 is 1.00 bits per heavy atom. The molecule has 4 rings (SSSR count). The first-order valence-corrected chi connectivity index (χ1v) is 11.4. The zero-order valence-electron chi connectivity index (χ0n) is 19.1. The fourth-order valence-corrected chi connectivity index (χ4v) is 4.79. The highest BCUT2D eigenvalue weighted by molar-refractivity contribution is 5.68. The molecule has 0 N–H and O–H groups in total. The van der Waals surface area contributed by atoms with Crippen molar-refractivity contribution in [1.82, 2.24) is 14.8 Å². The number of hydrogen-bond donors (Lipinski definition) is 0. The van der Waals surface area contributed by atoms with Crippen molar-refractivity contribution in [3.63, 3.8) is 0 Å². The van der Waals surface area contributed by atoms with Gasteiger partial charge in [-0.15, -0.1) is 0 Å². The number of rotatable bonds is 3. The maximum Gasteiger partial charge on any atom is 0.410 e. The largest absolute Gasteiger partial charge is 0.444 e. The van der Waals surface area contributed by atoms with Gasteiger partial charge in [0.05, 0.1) is 0 Å². The number of carbonyl (C=O) groups excluding carboxylic acids is 1. The van der Waals surface area contributed by atoms with Crippen LogP contribution in [0.2, 0.25) is 0 Å². The van der Waals surface area contributed by atoms with Gasteiger partial charge in [0.1, 0.15) is 17.2 Å². The maximum atomic E-state index is 12.3. The first-order valence-electron chi connectivity index (χ1n) is 11.4. The smallest absolute Gasteiger partial charge is 0.410 e. The van der Waals surface area contributed by atoms with E-state index in [2.05, 4.69) is 39.8 Å². The van der Waals surface area contributed by atoms with Gasteiger partial charge in [-0.3, -0.25) is 0 Å². The predicted octanol–water partition coefficient (Wildman–Crippen LogP) is 3.06. The standard InChI is InChI=1S/C23H37N5O2/c1-5-25-13-15-26(16-14-25)19-7-6-8-20(24-19)28-17-23(18-28)9-11-27(12-10-23)21(29)30-22(2,3)4/h6-8H,5,9-18H2,1-4H3. The Morgan fingerprint density at radius 2 is 1.60 bits per heavy atom. The normalized spacial score (nSPS) is 22.2. The molecular weight excluding hydrogens is 378 g/mol. The molecule has 3 saturated heterocycles. The van der Waals surface area contributed by atoms with Gasteiger partial charge < -0.3 is 24.3 Å². The van der Waals surface area contributed by atoms with Crippen molar-refractivity contribution in [1.29, 1.82) is 0 Å². The van der Waals surface area contributed by atoms with Gasteiger partial charge in [0.25, 0.3) is 0 Å². The van der Waals surface area contributed by atoms with Crippen LogP contribution < -0.4 is 9.80 Å². The van der Waals surface area contributed by atoms with E-state index in [4.69, 9.17) is 9.72 Å². The van der Waals surface area contributed by atoms with Crippen LogP contribution in [0, 0.1) is 5.41 Å². The minimum Gasteiger partial charge on any atom is -0.444 e. The number of pyridine rings is 1. The van der Waals surface area contributed by atoms with Crippen molar-refractivity contribution >= 4 is 17.7 Å². The summed E-state index contributed by atoms with van der Waals surface area (Å²) in [5, 5.41) is 0. The summed E-state index contributed by atoms with van der Waals surface area (Å²) in [5.41, 5.74) is -0.109. The van der Waals surface area contributed by atoms with Crippen LogP contribution in [0.25, 0.3) is 0 Å². The summed E-state index contributed by atoms with van der Waals surface area (Å²) < 4.78 is 5.53. The predicted molar refractivity (Wildman–Crippen MR) is 120 cm³/mol. The summed E-state index contributed by atoms with van der Waals surface area (Å²) in [6, 6.07) is 6.41. The highest BCUT2D eigenvalue weighted by Gasteiger charge is 2.46. The first-order chi connectivity index (χ1) is 14.3. The molecule has 0 unspecified atom stereocenters. The monoisotopic (exact) mass is 415 g/mol. The number of likely N-dealkylation sites (N-methyl/N-ethyl adjacent to an activating group) is 1. The van der Waals surface area contributed by atoms with Gasteiger partial charge in [0, 0.05) is 57.8 Å². The van der Waals surface area contributed by atoms with E-state index in [-0.39, 0.29) is 6.09 Å². The Balaban J connectivity index is 1.29. The number of carbonyl (C=O) groups is 1. The Labute approximate surface area is 181 Å². The lowest BCUT2D eigenvalue weighted by Gasteiger charge is -2.54. The Hall–Kier alpha value is -2.02. The number of hydrogen-bond acceptors (Lipinski definition) is 6.